The predicted octanol–water partition coefficient (Wildman–Crippen LogP) is 3.50. The molecule has 28 heavy (non-hydrogen) atoms. The van der Waals surface area contributed by atoms with Gasteiger partial charge in [0.1, 0.15) is 5.01 Å². The van der Waals surface area contributed by atoms with E-state index < -0.39 is 10.0 Å². The van der Waals surface area contributed by atoms with Crippen LogP contribution in [0.25, 0.3) is 10.2 Å². The molecule has 1 aromatic heterocycles. The quantitative estimate of drug-likeness (QED) is 0.706. The van der Waals surface area contributed by atoms with Crippen LogP contribution in [-0.2, 0) is 16.6 Å². The lowest BCUT2D eigenvalue weighted by Gasteiger charge is -2.19. The number of thiazole rings is 1. The van der Waals surface area contributed by atoms with Gasteiger partial charge in [0.2, 0.25) is 10.0 Å². The molecule has 1 fully saturated rings. The number of anilines is 2. The van der Waals surface area contributed by atoms with Gasteiger partial charge in [-0.25, -0.2) is 18.2 Å². The standard InChI is InChI=1S/C19H20N4O3S2/c1-22(13-18-21-16-8-2-3-9-17(16)27-18)19(24)20-14-6-4-7-15(12-14)23-10-5-11-28(23,25)26/h2-4,6-9,12H,5,10-11,13H2,1H3,(H,20,24). The fourth-order valence-electron chi connectivity index (χ4n) is 3.15. The first-order valence-electron chi connectivity index (χ1n) is 8.89. The van der Waals surface area contributed by atoms with Crippen molar-refractivity contribution in [1.29, 1.82) is 0 Å². The van der Waals surface area contributed by atoms with E-state index in [1.165, 1.54) is 4.31 Å². The number of benzene rings is 2. The number of carbonyl (C=O) groups is 1. The highest BCUT2D eigenvalue weighted by atomic mass is 32.2. The molecule has 0 unspecified atom stereocenters. The molecule has 1 saturated heterocycles. The number of carbonyl (C=O) groups excluding carboxylic acids is 1. The van der Waals surface area contributed by atoms with Crippen LogP contribution >= 0.6 is 11.3 Å². The molecule has 0 radical (unpaired) electrons. The summed E-state index contributed by atoms with van der Waals surface area (Å²) in [6, 6.07) is 14.5. The summed E-state index contributed by atoms with van der Waals surface area (Å²) in [7, 11) is -1.55. The molecule has 4 rings (SSSR count). The number of hydrogen-bond donors (Lipinski definition) is 1. The molecule has 0 atom stereocenters. The fraction of sp³-hybridized carbons (Fsp3) is 0.263. The number of nitrogens with one attached hydrogen (secondary N) is 1. The Hall–Kier alpha value is -2.65. The summed E-state index contributed by atoms with van der Waals surface area (Å²) >= 11 is 1.56. The van der Waals surface area contributed by atoms with Gasteiger partial charge in [0, 0.05) is 19.3 Å². The lowest BCUT2D eigenvalue weighted by Crippen LogP contribution is -2.31. The number of urea groups is 1. The van der Waals surface area contributed by atoms with Gasteiger partial charge in [0.25, 0.3) is 0 Å². The van der Waals surface area contributed by atoms with E-state index in [0.717, 1.165) is 15.2 Å². The summed E-state index contributed by atoms with van der Waals surface area (Å²) in [5, 5.41) is 3.69. The van der Waals surface area contributed by atoms with E-state index in [-0.39, 0.29) is 11.8 Å². The van der Waals surface area contributed by atoms with Crippen molar-refractivity contribution in [3.63, 3.8) is 0 Å². The number of hydrogen-bond acceptors (Lipinski definition) is 5. The maximum atomic E-state index is 12.6. The van der Waals surface area contributed by atoms with E-state index in [2.05, 4.69) is 10.3 Å². The van der Waals surface area contributed by atoms with E-state index in [1.807, 2.05) is 24.3 Å². The molecule has 7 nitrogen and oxygen atoms in total. The Morgan fingerprint density at radius 1 is 1.25 bits per heavy atom. The average molecular weight is 417 g/mol. The van der Waals surface area contributed by atoms with Crippen molar-refractivity contribution < 1.29 is 13.2 Å². The van der Waals surface area contributed by atoms with Gasteiger partial charge in [0.15, 0.2) is 0 Å². The first-order valence-corrected chi connectivity index (χ1v) is 11.3. The second-order valence-electron chi connectivity index (χ2n) is 6.65. The molecule has 2 amide bonds. The Morgan fingerprint density at radius 2 is 2.07 bits per heavy atom. The Kier molecular flexibility index (Phi) is 4.94. The van der Waals surface area contributed by atoms with Crippen molar-refractivity contribution >= 4 is 49.0 Å². The van der Waals surface area contributed by atoms with Gasteiger partial charge < -0.3 is 10.2 Å². The molecule has 3 aromatic rings. The van der Waals surface area contributed by atoms with E-state index in [9.17, 15) is 13.2 Å². The van der Waals surface area contributed by atoms with Crippen LogP contribution < -0.4 is 9.62 Å². The lowest BCUT2D eigenvalue weighted by molar-refractivity contribution is 0.220. The van der Waals surface area contributed by atoms with Crippen LogP contribution in [0.4, 0.5) is 16.2 Å². The number of amides is 2. The summed E-state index contributed by atoms with van der Waals surface area (Å²) in [5.74, 6) is 0.161. The second kappa shape index (κ2) is 7.40. The molecule has 0 aliphatic carbocycles. The van der Waals surface area contributed by atoms with Gasteiger partial charge in [-0.1, -0.05) is 18.2 Å². The highest BCUT2D eigenvalue weighted by Crippen LogP contribution is 2.27. The zero-order valence-corrected chi connectivity index (χ0v) is 17.0. The summed E-state index contributed by atoms with van der Waals surface area (Å²) < 4.78 is 26.7. The van der Waals surface area contributed by atoms with Crippen molar-refractivity contribution in [1.82, 2.24) is 9.88 Å². The zero-order chi connectivity index (χ0) is 19.7. The lowest BCUT2D eigenvalue weighted by atomic mass is 10.2. The first kappa shape index (κ1) is 18.7. The monoisotopic (exact) mass is 416 g/mol. The molecule has 0 saturated carbocycles. The average Bonchev–Trinajstić information content (AvgIpc) is 3.23. The Morgan fingerprint density at radius 3 is 2.82 bits per heavy atom. The number of sulfonamides is 1. The van der Waals surface area contributed by atoms with Crippen LogP contribution in [0.3, 0.4) is 0 Å². The van der Waals surface area contributed by atoms with Gasteiger partial charge in [-0.05, 0) is 36.8 Å². The highest BCUT2D eigenvalue weighted by Gasteiger charge is 2.28. The predicted molar refractivity (Wildman–Crippen MR) is 112 cm³/mol. The molecular formula is C19H20N4O3S2. The van der Waals surface area contributed by atoms with Crippen molar-refractivity contribution in [3.8, 4) is 0 Å². The zero-order valence-electron chi connectivity index (χ0n) is 15.3. The Balaban J connectivity index is 1.45. The van der Waals surface area contributed by atoms with Crippen molar-refractivity contribution in [3.05, 3.63) is 53.5 Å². The van der Waals surface area contributed by atoms with Crippen LogP contribution in [0.1, 0.15) is 11.4 Å². The molecule has 1 aliphatic rings. The highest BCUT2D eigenvalue weighted by molar-refractivity contribution is 7.93. The van der Waals surface area contributed by atoms with E-state index in [4.69, 9.17) is 0 Å². The molecule has 2 heterocycles. The molecule has 1 aliphatic heterocycles. The molecule has 1 N–H and O–H groups in total. The third kappa shape index (κ3) is 3.81. The van der Waals surface area contributed by atoms with Crippen LogP contribution in [-0.4, -0.2) is 43.7 Å². The maximum absolute atomic E-state index is 12.6. The largest absolute Gasteiger partial charge is 0.321 e. The van der Waals surface area contributed by atoms with Gasteiger partial charge >= 0.3 is 6.03 Å². The smallest absolute Gasteiger partial charge is 0.321 e. The molecule has 2 aromatic carbocycles. The van der Waals surface area contributed by atoms with Crippen LogP contribution in [0, 0.1) is 0 Å². The van der Waals surface area contributed by atoms with Crippen molar-refractivity contribution in [2.45, 2.75) is 13.0 Å². The van der Waals surface area contributed by atoms with Crippen LogP contribution in [0.2, 0.25) is 0 Å². The summed E-state index contributed by atoms with van der Waals surface area (Å²) in [4.78, 5) is 18.7. The SMILES string of the molecule is CN(Cc1nc2ccccc2s1)C(=O)Nc1cccc(N2CCCS2(=O)=O)c1. The molecule has 0 spiro atoms. The van der Waals surface area contributed by atoms with E-state index in [0.29, 0.717) is 30.9 Å². The Bertz CT molecular complexity index is 1090. The van der Waals surface area contributed by atoms with Gasteiger partial charge in [-0.2, -0.15) is 0 Å². The van der Waals surface area contributed by atoms with Gasteiger partial charge in [-0.15, -0.1) is 11.3 Å². The number of aromatic nitrogens is 1. The topological polar surface area (TPSA) is 82.6 Å². The molecule has 0 bridgehead atoms. The van der Waals surface area contributed by atoms with Crippen LogP contribution in [0.15, 0.2) is 48.5 Å². The minimum absolute atomic E-state index is 0.161. The van der Waals surface area contributed by atoms with Gasteiger partial charge in [-0.3, -0.25) is 4.31 Å². The third-order valence-electron chi connectivity index (χ3n) is 4.54. The van der Waals surface area contributed by atoms with E-state index >= 15 is 0 Å². The van der Waals surface area contributed by atoms with Gasteiger partial charge in [0.05, 0.1) is 28.2 Å². The number of nitrogens with zero attached hydrogens (tertiary/aromatic N) is 3. The number of rotatable bonds is 4. The number of para-hydroxylation sites is 1. The molecule has 9 heteroatoms. The first-order chi connectivity index (χ1) is 13.4. The molecular weight excluding hydrogens is 396 g/mol. The van der Waals surface area contributed by atoms with Crippen molar-refractivity contribution in [2.75, 3.05) is 29.0 Å². The fourth-order valence-corrected chi connectivity index (χ4v) is 5.73. The summed E-state index contributed by atoms with van der Waals surface area (Å²) in [5.41, 5.74) is 2.06. The minimum Gasteiger partial charge on any atom is -0.321 e. The maximum Gasteiger partial charge on any atom is 0.321 e. The Labute approximate surface area is 167 Å². The second-order valence-corrected chi connectivity index (χ2v) is 9.78. The summed E-state index contributed by atoms with van der Waals surface area (Å²) in [6.45, 7) is 0.864. The van der Waals surface area contributed by atoms with E-state index in [1.54, 1.807) is 47.5 Å². The summed E-state index contributed by atoms with van der Waals surface area (Å²) in [6.07, 6.45) is 0.615. The minimum atomic E-state index is -3.25. The normalized spacial score (nSPS) is 15.7. The van der Waals surface area contributed by atoms with Crippen molar-refractivity contribution in [2.24, 2.45) is 0 Å². The molecule has 146 valence electrons. The number of fused-ring (bicyclic) bond motifs is 1. The third-order valence-corrected chi connectivity index (χ3v) is 7.43. The van der Waals surface area contributed by atoms with Crippen LogP contribution in [0.5, 0.6) is 0 Å².